The standard InChI is InChI=1S/C9H16O2.C6H12O.C3H5ClO/c1-2-4-8(5-3-1)10-6-9-7-11-9;7-6-4-2-1-3-5-6;4-1-3-2-5-3/h8-9H,1-7H2;6-7H,1-5H2;3H,1-2H2. The molecule has 23 heavy (non-hydrogen) atoms. The van der Waals surface area contributed by atoms with E-state index in [1.165, 1.54) is 51.4 Å². The van der Waals surface area contributed by atoms with Gasteiger partial charge in [-0.2, -0.15) is 0 Å². The van der Waals surface area contributed by atoms with Crippen LogP contribution in [0.5, 0.6) is 0 Å². The van der Waals surface area contributed by atoms with Crippen molar-refractivity contribution in [3.8, 4) is 0 Å². The van der Waals surface area contributed by atoms with Gasteiger partial charge in [0.2, 0.25) is 0 Å². The molecule has 2 saturated carbocycles. The van der Waals surface area contributed by atoms with E-state index in [2.05, 4.69) is 0 Å². The van der Waals surface area contributed by atoms with Gasteiger partial charge in [0.25, 0.3) is 0 Å². The molecule has 2 aliphatic heterocycles. The second kappa shape index (κ2) is 11.6. The molecule has 4 fully saturated rings. The van der Waals surface area contributed by atoms with Crippen molar-refractivity contribution in [1.29, 1.82) is 0 Å². The fourth-order valence-electron chi connectivity index (χ4n) is 2.88. The molecule has 2 saturated heterocycles. The van der Waals surface area contributed by atoms with E-state index in [0.29, 0.717) is 24.2 Å². The minimum absolute atomic E-state index is 0.0359. The molecular formula is C18H33ClO4. The Hall–Kier alpha value is 0.130. The smallest absolute Gasteiger partial charge is 0.104 e. The van der Waals surface area contributed by atoms with Crippen LogP contribution in [0.2, 0.25) is 0 Å². The van der Waals surface area contributed by atoms with Crippen molar-refractivity contribution < 1.29 is 19.3 Å². The maximum Gasteiger partial charge on any atom is 0.104 e. The Morgan fingerprint density at radius 3 is 1.70 bits per heavy atom. The molecule has 0 aromatic heterocycles. The van der Waals surface area contributed by atoms with Gasteiger partial charge in [0.1, 0.15) is 6.10 Å². The summed E-state index contributed by atoms with van der Waals surface area (Å²) in [6.45, 7) is 2.64. The molecule has 2 heterocycles. The molecule has 0 radical (unpaired) electrons. The van der Waals surface area contributed by atoms with E-state index in [0.717, 1.165) is 32.7 Å². The first-order valence-corrected chi connectivity index (χ1v) is 9.90. The molecule has 0 amide bonds. The van der Waals surface area contributed by atoms with Crippen LogP contribution in [0.1, 0.15) is 64.2 Å². The van der Waals surface area contributed by atoms with Crippen LogP contribution in [0.3, 0.4) is 0 Å². The largest absolute Gasteiger partial charge is 0.393 e. The fourth-order valence-corrected chi connectivity index (χ4v) is 3.06. The van der Waals surface area contributed by atoms with Crippen LogP contribution in [0.4, 0.5) is 0 Å². The van der Waals surface area contributed by atoms with E-state index in [1.807, 2.05) is 0 Å². The van der Waals surface area contributed by atoms with Gasteiger partial charge in [-0.05, 0) is 25.7 Å². The lowest BCUT2D eigenvalue weighted by Gasteiger charge is -2.21. The Labute approximate surface area is 145 Å². The first kappa shape index (κ1) is 19.5. The van der Waals surface area contributed by atoms with Crippen molar-refractivity contribution in [3.05, 3.63) is 0 Å². The molecule has 1 N–H and O–H groups in total. The maximum absolute atomic E-state index is 8.91. The molecule has 0 spiro atoms. The number of ether oxygens (including phenoxy) is 3. The Morgan fingerprint density at radius 1 is 0.826 bits per heavy atom. The molecule has 4 rings (SSSR count). The summed E-state index contributed by atoms with van der Waals surface area (Å²) >= 11 is 5.27. The van der Waals surface area contributed by atoms with Crippen LogP contribution in [0.15, 0.2) is 0 Å². The monoisotopic (exact) mass is 348 g/mol. The van der Waals surface area contributed by atoms with Gasteiger partial charge in [0.15, 0.2) is 0 Å². The topological polar surface area (TPSA) is 54.5 Å². The molecule has 4 aliphatic rings. The van der Waals surface area contributed by atoms with Crippen molar-refractivity contribution in [1.82, 2.24) is 0 Å². The number of hydrogen-bond donors (Lipinski definition) is 1. The first-order chi connectivity index (χ1) is 11.3. The van der Waals surface area contributed by atoms with Crippen LogP contribution < -0.4 is 0 Å². The zero-order valence-corrected chi connectivity index (χ0v) is 15.0. The molecule has 2 atom stereocenters. The molecule has 2 unspecified atom stereocenters. The van der Waals surface area contributed by atoms with Gasteiger partial charge in [-0.25, -0.2) is 0 Å². The van der Waals surface area contributed by atoms with Gasteiger partial charge in [0.05, 0.1) is 44.0 Å². The number of hydrogen-bond acceptors (Lipinski definition) is 4. The zero-order valence-electron chi connectivity index (χ0n) is 14.3. The molecule has 0 aromatic rings. The highest BCUT2D eigenvalue weighted by atomic mass is 35.5. The van der Waals surface area contributed by atoms with Gasteiger partial charge in [-0.3, -0.25) is 0 Å². The summed E-state index contributed by atoms with van der Waals surface area (Å²) in [5.74, 6) is 0.667. The molecule has 0 aromatic carbocycles. The van der Waals surface area contributed by atoms with E-state index < -0.39 is 0 Å². The minimum Gasteiger partial charge on any atom is -0.393 e. The first-order valence-electron chi connectivity index (χ1n) is 9.36. The molecule has 136 valence electrons. The predicted octanol–water partition coefficient (Wildman–Crippen LogP) is 3.67. The van der Waals surface area contributed by atoms with Crippen LogP contribution in [0, 0.1) is 0 Å². The van der Waals surface area contributed by atoms with Gasteiger partial charge >= 0.3 is 0 Å². The Kier molecular flexibility index (Phi) is 9.85. The molecule has 2 aliphatic carbocycles. The second-order valence-corrected chi connectivity index (χ2v) is 7.26. The summed E-state index contributed by atoms with van der Waals surface area (Å²) in [7, 11) is 0. The third kappa shape index (κ3) is 10.6. The summed E-state index contributed by atoms with van der Waals surface area (Å²) in [4.78, 5) is 0. The van der Waals surface area contributed by atoms with Crippen LogP contribution >= 0.6 is 11.6 Å². The highest BCUT2D eigenvalue weighted by Gasteiger charge is 2.24. The van der Waals surface area contributed by atoms with Gasteiger partial charge in [0, 0.05) is 0 Å². The number of aliphatic hydroxyl groups is 1. The summed E-state index contributed by atoms with van der Waals surface area (Å²) < 4.78 is 15.5. The minimum atomic E-state index is 0.0359. The normalized spacial score (nSPS) is 30.5. The van der Waals surface area contributed by atoms with E-state index in [9.17, 15) is 0 Å². The zero-order chi connectivity index (χ0) is 16.3. The van der Waals surface area contributed by atoms with Crippen LogP contribution in [-0.2, 0) is 14.2 Å². The molecular weight excluding hydrogens is 316 g/mol. The highest BCUT2D eigenvalue weighted by molar-refractivity contribution is 6.18. The summed E-state index contributed by atoms with van der Waals surface area (Å²) in [6, 6.07) is 0. The third-order valence-corrected chi connectivity index (χ3v) is 4.97. The van der Waals surface area contributed by atoms with Gasteiger partial charge in [-0.15, -0.1) is 11.6 Å². The lowest BCUT2D eigenvalue weighted by Crippen LogP contribution is -2.18. The fraction of sp³-hybridized carbons (Fsp3) is 1.00. The Morgan fingerprint density at radius 2 is 1.35 bits per heavy atom. The summed E-state index contributed by atoms with van der Waals surface area (Å²) in [6.07, 6.45) is 14.0. The molecule has 0 bridgehead atoms. The van der Waals surface area contributed by atoms with E-state index in [1.54, 1.807) is 0 Å². The number of halogens is 1. The van der Waals surface area contributed by atoms with E-state index in [-0.39, 0.29) is 6.10 Å². The summed E-state index contributed by atoms with van der Waals surface area (Å²) in [5, 5.41) is 8.91. The Bertz CT molecular complexity index is 283. The van der Waals surface area contributed by atoms with Gasteiger partial charge in [-0.1, -0.05) is 38.5 Å². The maximum atomic E-state index is 8.91. The number of aliphatic hydroxyl groups excluding tert-OH is 1. The number of rotatable bonds is 4. The number of epoxide rings is 2. The SMILES string of the molecule is C1CCC(OCC2CO2)CC1.ClCC1CO1.OC1CCCCC1. The third-order valence-electron chi connectivity index (χ3n) is 4.62. The van der Waals surface area contributed by atoms with Crippen LogP contribution in [0.25, 0.3) is 0 Å². The van der Waals surface area contributed by atoms with Crippen molar-refractivity contribution in [2.75, 3.05) is 25.7 Å². The second-order valence-electron chi connectivity index (χ2n) is 6.95. The van der Waals surface area contributed by atoms with Crippen molar-refractivity contribution in [2.24, 2.45) is 0 Å². The molecule has 4 nitrogen and oxygen atoms in total. The average Bonchev–Trinajstić information content (AvgIpc) is 3.50. The van der Waals surface area contributed by atoms with Crippen LogP contribution in [-0.4, -0.2) is 55.2 Å². The molecule has 5 heteroatoms. The van der Waals surface area contributed by atoms with E-state index in [4.69, 9.17) is 30.9 Å². The summed E-state index contributed by atoms with van der Waals surface area (Å²) in [5.41, 5.74) is 0. The van der Waals surface area contributed by atoms with Crippen molar-refractivity contribution in [2.45, 2.75) is 88.6 Å². The lowest BCUT2D eigenvalue weighted by molar-refractivity contribution is 0.0199. The predicted molar refractivity (Wildman–Crippen MR) is 92.1 cm³/mol. The average molecular weight is 349 g/mol. The van der Waals surface area contributed by atoms with Crippen molar-refractivity contribution >= 4 is 11.6 Å². The lowest BCUT2D eigenvalue weighted by atomic mass is 9.98. The quantitative estimate of drug-likeness (QED) is 0.622. The highest BCUT2D eigenvalue weighted by Crippen LogP contribution is 2.21. The van der Waals surface area contributed by atoms with E-state index >= 15 is 0 Å². The Balaban J connectivity index is 0.000000137. The van der Waals surface area contributed by atoms with Gasteiger partial charge < -0.3 is 19.3 Å². The number of alkyl halides is 1. The van der Waals surface area contributed by atoms with Crippen molar-refractivity contribution in [3.63, 3.8) is 0 Å².